The van der Waals surface area contributed by atoms with E-state index in [-0.39, 0.29) is 23.9 Å². The first-order valence-corrected chi connectivity index (χ1v) is 8.40. The second kappa shape index (κ2) is 9.66. The fourth-order valence-electron chi connectivity index (χ4n) is 2.50. The number of amides is 2. The summed E-state index contributed by atoms with van der Waals surface area (Å²) in [5.74, 6) is -0.329. The number of urea groups is 1. The van der Waals surface area contributed by atoms with Gasteiger partial charge in [0.15, 0.2) is 0 Å². The van der Waals surface area contributed by atoms with Crippen molar-refractivity contribution in [3.05, 3.63) is 78.4 Å². The fraction of sp³-hybridized carbons (Fsp3) is 0.250. The quantitative estimate of drug-likeness (QED) is 0.686. The predicted octanol–water partition coefficient (Wildman–Crippen LogP) is 4.53. The molecule has 0 spiro atoms. The smallest absolute Gasteiger partial charge is 0.405 e. The van der Waals surface area contributed by atoms with Gasteiger partial charge in [-0.1, -0.05) is 54.6 Å². The minimum atomic E-state index is -4.79. The zero-order valence-electron chi connectivity index (χ0n) is 14.7. The Morgan fingerprint density at radius 2 is 1.78 bits per heavy atom. The van der Waals surface area contributed by atoms with Crippen LogP contribution in [0.2, 0.25) is 0 Å². The maximum Gasteiger partial charge on any atom is 0.573 e. The maximum absolute atomic E-state index is 12.5. The molecule has 2 amide bonds. The molecule has 2 aromatic carbocycles. The van der Waals surface area contributed by atoms with Gasteiger partial charge in [0.05, 0.1) is 0 Å². The minimum absolute atomic E-state index is 0.0793. The Hall–Kier alpha value is -2.96. The summed E-state index contributed by atoms with van der Waals surface area (Å²) in [5.41, 5.74) is 1.33. The van der Waals surface area contributed by atoms with Crippen molar-refractivity contribution in [1.29, 1.82) is 0 Å². The van der Waals surface area contributed by atoms with Crippen LogP contribution in [0.5, 0.6) is 5.75 Å². The van der Waals surface area contributed by atoms with Gasteiger partial charge in [0.1, 0.15) is 5.75 Å². The van der Waals surface area contributed by atoms with Gasteiger partial charge in [-0.3, -0.25) is 0 Å². The highest BCUT2D eigenvalue weighted by Gasteiger charge is 2.32. The molecule has 0 atom stereocenters. The van der Waals surface area contributed by atoms with E-state index in [1.807, 2.05) is 30.3 Å². The summed E-state index contributed by atoms with van der Waals surface area (Å²) in [6.07, 6.45) is -2.52. The van der Waals surface area contributed by atoms with Gasteiger partial charge in [0.25, 0.3) is 0 Å². The van der Waals surface area contributed by atoms with Crippen molar-refractivity contribution in [2.75, 3.05) is 13.1 Å². The van der Waals surface area contributed by atoms with E-state index < -0.39 is 6.36 Å². The number of carbonyl (C=O) groups excluding carboxylic acids is 1. The van der Waals surface area contributed by atoms with Crippen LogP contribution in [-0.4, -0.2) is 30.4 Å². The van der Waals surface area contributed by atoms with E-state index in [1.54, 1.807) is 17.0 Å². The van der Waals surface area contributed by atoms with E-state index in [1.165, 1.54) is 18.2 Å². The number of carbonyl (C=O) groups is 1. The molecule has 0 heterocycles. The van der Waals surface area contributed by atoms with Crippen molar-refractivity contribution in [2.45, 2.75) is 19.3 Å². The summed E-state index contributed by atoms with van der Waals surface area (Å²) in [5, 5.41) is 2.64. The normalized spacial score (nSPS) is 10.9. The van der Waals surface area contributed by atoms with E-state index in [0.29, 0.717) is 19.5 Å². The first-order chi connectivity index (χ1) is 12.9. The summed E-state index contributed by atoms with van der Waals surface area (Å²) in [6.45, 7) is 4.36. The molecule has 0 saturated heterocycles. The largest absolute Gasteiger partial charge is 0.573 e. The maximum atomic E-state index is 12.5. The lowest BCUT2D eigenvalue weighted by Gasteiger charge is -2.22. The van der Waals surface area contributed by atoms with E-state index >= 15 is 0 Å². The molecule has 2 rings (SSSR count). The van der Waals surface area contributed by atoms with Crippen LogP contribution in [0.25, 0.3) is 0 Å². The molecule has 1 N–H and O–H groups in total. The highest BCUT2D eigenvalue weighted by Crippen LogP contribution is 2.26. The van der Waals surface area contributed by atoms with Crippen LogP contribution in [0.3, 0.4) is 0 Å². The number of ether oxygens (including phenoxy) is 1. The Kier molecular flexibility index (Phi) is 7.28. The number of rotatable bonds is 8. The summed E-state index contributed by atoms with van der Waals surface area (Å²) in [7, 11) is 0. The predicted molar refractivity (Wildman–Crippen MR) is 97.3 cm³/mol. The summed E-state index contributed by atoms with van der Waals surface area (Å²) in [4.78, 5) is 14.0. The molecule has 27 heavy (non-hydrogen) atoms. The number of hydrogen-bond donors (Lipinski definition) is 1. The molecule has 0 fully saturated rings. The number of benzene rings is 2. The monoisotopic (exact) mass is 378 g/mol. The zero-order valence-corrected chi connectivity index (χ0v) is 14.7. The molecule has 0 radical (unpaired) electrons. The average Bonchev–Trinajstić information content (AvgIpc) is 2.64. The van der Waals surface area contributed by atoms with Crippen molar-refractivity contribution < 1.29 is 22.7 Å². The molecule has 0 saturated carbocycles. The van der Waals surface area contributed by atoms with Gasteiger partial charge in [-0.25, -0.2) is 4.79 Å². The Morgan fingerprint density at radius 1 is 1.11 bits per heavy atom. The van der Waals surface area contributed by atoms with E-state index in [0.717, 1.165) is 5.56 Å². The Labute approximate surface area is 156 Å². The van der Waals surface area contributed by atoms with Gasteiger partial charge in [-0.15, -0.1) is 19.8 Å². The third-order valence-electron chi connectivity index (χ3n) is 3.78. The lowest BCUT2D eigenvalue weighted by atomic mass is 10.1. The van der Waals surface area contributed by atoms with Crippen LogP contribution < -0.4 is 10.1 Å². The van der Waals surface area contributed by atoms with Gasteiger partial charge in [-0.05, 0) is 18.1 Å². The van der Waals surface area contributed by atoms with E-state index in [4.69, 9.17) is 0 Å². The van der Waals surface area contributed by atoms with Crippen molar-refractivity contribution in [3.8, 4) is 5.75 Å². The fourth-order valence-corrected chi connectivity index (χ4v) is 2.50. The summed E-state index contributed by atoms with van der Waals surface area (Å²) >= 11 is 0. The Balaban J connectivity index is 1.96. The standard InChI is InChI=1S/C20H21F3N2O2/c1-2-13-25(14-12-16-8-4-3-5-9-16)19(26)24-15-17-10-6-7-11-18(17)27-20(21,22)23/h2-11H,1,12-15H2,(H,24,26). The summed E-state index contributed by atoms with van der Waals surface area (Å²) in [6, 6.07) is 15.0. The molecule has 0 bridgehead atoms. The number of nitrogens with zero attached hydrogens (tertiary/aromatic N) is 1. The zero-order chi connectivity index (χ0) is 19.7. The van der Waals surface area contributed by atoms with Crippen LogP contribution >= 0.6 is 0 Å². The summed E-state index contributed by atoms with van der Waals surface area (Å²) < 4.78 is 41.4. The van der Waals surface area contributed by atoms with Gasteiger partial charge >= 0.3 is 12.4 Å². The molecule has 0 unspecified atom stereocenters. The van der Waals surface area contributed by atoms with Crippen molar-refractivity contribution >= 4 is 6.03 Å². The SMILES string of the molecule is C=CCN(CCc1ccccc1)C(=O)NCc1ccccc1OC(F)(F)F. The van der Waals surface area contributed by atoms with E-state index in [9.17, 15) is 18.0 Å². The first kappa shape index (κ1) is 20.4. The van der Waals surface area contributed by atoms with Crippen molar-refractivity contribution in [3.63, 3.8) is 0 Å². The molecular formula is C20H21F3N2O2. The highest BCUT2D eigenvalue weighted by atomic mass is 19.4. The average molecular weight is 378 g/mol. The number of alkyl halides is 3. The molecular weight excluding hydrogens is 357 g/mol. The van der Waals surface area contributed by atoms with Gasteiger partial charge in [-0.2, -0.15) is 0 Å². The number of nitrogens with one attached hydrogen (secondary N) is 1. The Morgan fingerprint density at radius 3 is 2.44 bits per heavy atom. The van der Waals surface area contributed by atoms with Crippen LogP contribution in [0.1, 0.15) is 11.1 Å². The molecule has 0 aromatic heterocycles. The van der Waals surface area contributed by atoms with Crippen molar-refractivity contribution in [2.24, 2.45) is 0 Å². The third-order valence-corrected chi connectivity index (χ3v) is 3.78. The Bertz CT molecular complexity index is 748. The lowest BCUT2D eigenvalue weighted by molar-refractivity contribution is -0.274. The number of halogens is 3. The lowest BCUT2D eigenvalue weighted by Crippen LogP contribution is -2.41. The van der Waals surface area contributed by atoms with E-state index in [2.05, 4.69) is 16.6 Å². The van der Waals surface area contributed by atoms with Crippen molar-refractivity contribution in [1.82, 2.24) is 10.2 Å². The second-order valence-electron chi connectivity index (χ2n) is 5.78. The molecule has 2 aromatic rings. The van der Waals surface area contributed by atoms with Crippen LogP contribution in [-0.2, 0) is 13.0 Å². The minimum Gasteiger partial charge on any atom is -0.405 e. The van der Waals surface area contributed by atoms with Crippen LogP contribution in [0.4, 0.5) is 18.0 Å². The molecule has 144 valence electrons. The number of para-hydroxylation sites is 1. The molecule has 4 nitrogen and oxygen atoms in total. The molecule has 0 aliphatic rings. The first-order valence-electron chi connectivity index (χ1n) is 8.40. The third kappa shape index (κ3) is 7.05. The van der Waals surface area contributed by atoms with Gasteiger partial charge < -0.3 is 15.0 Å². The molecule has 7 heteroatoms. The van der Waals surface area contributed by atoms with Gasteiger partial charge in [0.2, 0.25) is 0 Å². The number of hydrogen-bond acceptors (Lipinski definition) is 2. The highest BCUT2D eigenvalue weighted by molar-refractivity contribution is 5.74. The molecule has 0 aliphatic heterocycles. The second-order valence-corrected chi connectivity index (χ2v) is 5.78. The van der Waals surface area contributed by atoms with Crippen LogP contribution in [0.15, 0.2) is 67.3 Å². The van der Waals surface area contributed by atoms with Crippen LogP contribution in [0, 0.1) is 0 Å². The molecule has 0 aliphatic carbocycles. The van der Waals surface area contributed by atoms with Gasteiger partial charge in [0, 0.05) is 25.2 Å². The topological polar surface area (TPSA) is 41.6 Å².